The van der Waals surface area contributed by atoms with E-state index in [4.69, 9.17) is 5.11 Å². The average Bonchev–Trinajstić information content (AvgIpc) is 2.78. The van der Waals surface area contributed by atoms with Crippen molar-refractivity contribution < 1.29 is 14.7 Å². The molecule has 0 unspecified atom stereocenters. The number of aromatic carboxylic acids is 1. The topological polar surface area (TPSA) is 83.4 Å². The molecule has 0 spiro atoms. The maximum absolute atomic E-state index is 11.2. The van der Waals surface area contributed by atoms with Crippen molar-refractivity contribution in [3.8, 4) is 0 Å². The summed E-state index contributed by atoms with van der Waals surface area (Å²) < 4.78 is 0. The molecule has 7 heteroatoms. The van der Waals surface area contributed by atoms with Gasteiger partial charge in [0, 0.05) is 25.9 Å². The third-order valence-corrected chi connectivity index (χ3v) is 3.99. The fraction of sp³-hybridized carbons (Fsp3) is 0.600. The molecular formula is C10H13N3O3S. The molecule has 1 fully saturated rings. The van der Waals surface area contributed by atoms with E-state index in [9.17, 15) is 9.59 Å². The summed E-state index contributed by atoms with van der Waals surface area (Å²) in [6.07, 6.45) is 1.65. The molecule has 0 radical (unpaired) electrons. The van der Waals surface area contributed by atoms with E-state index in [-0.39, 0.29) is 16.8 Å². The number of carbonyl (C=O) groups excluding carboxylic acids is 1. The molecule has 6 nitrogen and oxygen atoms in total. The van der Waals surface area contributed by atoms with Gasteiger partial charge in [-0.1, -0.05) is 11.3 Å². The minimum Gasteiger partial charge on any atom is -0.476 e. The summed E-state index contributed by atoms with van der Waals surface area (Å²) >= 11 is 1.13. The lowest BCUT2D eigenvalue weighted by molar-refractivity contribution is -0.129. The van der Waals surface area contributed by atoms with E-state index in [0.29, 0.717) is 13.1 Å². The summed E-state index contributed by atoms with van der Waals surface area (Å²) in [6, 6.07) is 0. The van der Waals surface area contributed by atoms with Gasteiger partial charge < -0.3 is 10.0 Å². The zero-order chi connectivity index (χ0) is 12.4. The van der Waals surface area contributed by atoms with Crippen LogP contribution in [0, 0.1) is 0 Å². The van der Waals surface area contributed by atoms with Gasteiger partial charge in [0.2, 0.25) is 10.9 Å². The number of piperidine rings is 1. The first-order valence-corrected chi connectivity index (χ1v) is 6.22. The predicted octanol–water partition coefficient (Wildman–Crippen LogP) is 0.962. The number of hydrogen-bond donors (Lipinski definition) is 1. The summed E-state index contributed by atoms with van der Waals surface area (Å²) in [4.78, 5) is 23.7. The van der Waals surface area contributed by atoms with Gasteiger partial charge in [0.1, 0.15) is 5.01 Å². The van der Waals surface area contributed by atoms with Crippen LogP contribution < -0.4 is 0 Å². The number of rotatable bonds is 2. The van der Waals surface area contributed by atoms with E-state index in [1.807, 2.05) is 0 Å². The third-order valence-electron chi connectivity index (χ3n) is 2.91. The second-order valence-corrected chi connectivity index (χ2v) is 5.04. The number of amides is 1. The van der Waals surface area contributed by atoms with Crippen molar-refractivity contribution >= 4 is 23.2 Å². The van der Waals surface area contributed by atoms with Gasteiger partial charge in [0.25, 0.3) is 0 Å². The van der Waals surface area contributed by atoms with Gasteiger partial charge in [-0.25, -0.2) is 4.79 Å². The molecule has 1 aliphatic rings. The van der Waals surface area contributed by atoms with Gasteiger partial charge in [-0.2, -0.15) is 0 Å². The molecule has 17 heavy (non-hydrogen) atoms. The number of carboxylic acid groups (broad SMARTS) is 1. The molecule has 0 bridgehead atoms. The molecule has 2 rings (SSSR count). The normalized spacial score (nSPS) is 17.1. The largest absolute Gasteiger partial charge is 0.476 e. The van der Waals surface area contributed by atoms with Gasteiger partial charge in [-0.05, 0) is 12.8 Å². The van der Waals surface area contributed by atoms with Crippen LogP contribution in [0.25, 0.3) is 0 Å². The lowest BCUT2D eigenvalue weighted by Crippen LogP contribution is -2.36. The summed E-state index contributed by atoms with van der Waals surface area (Å²) in [6.45, 7) is 2.98. The van der Waals surface area contributed by atoms with Gasteiger partial charge in [0.15, 0.2) is 0 Å². The first-order chi connectivity index (χ1) is 8.08. The number of carbonyl (C=O) groups is 2. The molecule has 0 atom stereocenters. The highest BCUT2D eigenvalue weighted by atomic mass is 32.1. The van der Waals surface area contributed by atoms with Crippen LogP contribution in [0.2, 0.25) is 0 Å². The number of hydrogen-bond acceptors (Lipinski definition) is 5. The zero-order valence-electron chi connectivity index (χ0n) is 9.42. The maximum atomic E-state index is 11.2. The van der Waals surface area contributed by atoms with Gasteiger partial charge in [-0.3, -0.25) is 4.79 Å². The van der Waals surface area contributed by atoms with Gasteiger partial charge >= 0.3 is 5.97 Å². The van der Waals surface area contributed by atoms with E-state index < -0.39 is 5.97 Å². The highest BCUT2D eigenvalue weighted by Crippen LogP contribution is 2.30. The van der Waals surface area contributed by atoms with E-state index >= 15 is 0 Å². The van der Waals surface area contributed by atoms with Crippen molar-refractivity contribution in [2.45, 2.75) is 25.7 Å². The minimum absolute atomic E-state index is 0.0361. The SMILES string of the molecule is CC(=O)N1CCC(c2nnc(C(=O)O)s2)CC1. The van der Waals surface area contributed by atoms with Gasteiger partial charge in [0.05, 0.1) is 0 Å². The molecule has 0 aromatic carbocycles. The number of nitrogens with zero attached hydrogens (tertiary/aromatic N) is 3. The Morgan fingerprint density at radius 1 is 1.35 bits per heavy atom. The molecule has 1 N–H and O–H groups in total. The molecule has 1 saturated heterocycles. The number of carboxylic acids is 1. The monoisotopic (exact) mass is 255 g/mol. The predicted molar refractivity (Wildman–Crippen MR) is 61.1 cm³/mol. The van der Waals surface area contributed by atoms with Crippen molar-refractivity contribution in [1.82, 2.24) is 15.1 Å². The summed E-state index contributed by atoms with van der Waals surface area (Å²) in [5.74, 6) is -0.710. The lowest BCUT2D eigenvalue weighted by atomic mass is 9.98. The smallest absolute Gasteiger partial charge is 0.367 e. The van der Waals surface area contributed by atoms with Crippen molar-refractivity contribution in [3.63, 3.8) is 0 Å². The average molecular weight is 255 g/mol. The first-order valence-electron chi connectivity index (χ1n) is 5.40. The fourth-order valence-corrected chi connectivity index (χ4v) is 2.78. The van der Waals surface area contributed by atoms with Crippen LogP contribution in [0.15, 0.2) is 0 Å². The third kappa shape index (κ3) is 2.60. The Labute approximate surface area is 102 Å². The van der Waals surface area contributed by atoms with Gasteiger partial charge in [-0.15, -0.1) is 10.2 Å². The molecule has 1 aromatic rings. The molecule has 0 aliphatic carbocycles. The Morgan fingerprint density at radius 3 is 2.47 bits per heavy atom. The maximum Gasteiger partial charge on any atom is 0.367 e. The number of likely N-dealkylation sites (tertiary alicyclic amines) is 1. The molecule has 1 amide bonds. The van der Waals surface area contributed by atoms with E-state index in [2.05, 4.69) is 10.2 Å². The Hall–Kier alpha value is -1.50. The quantitative estimate of drug-likeness (QED) is 0.851. The van der Waals surface area contributed by atoms with Crippen LogP contribution >= 0.6 is 11.3 Å². The standard InChI is InChI=1S/C10H13N3O3S/c1-6(14)13-4-2-7(3-5-13)8-11-12-9(17-8)10(15)16/h7H,2-5H2,1H3,(H,15,16). The minimum atomic E-state index is -1.03. The van der Waals surface area contributed by atoms with E-state index in [1.165, 1.54) is 0 Å². The van der Waals surface area contributed by atoms with Crippen LogP contribution in [0.4, 0.5) is 0 Å². The molecule has 1 aromatic heterocycles. The lowest BCUT2D eigenvalue weighted by Gasteiger charge is -2.29. The molecular weight excluding hydrogens is 242 g/mol. The van der Waals surface area contributed by atoms with Crippen LogP contribution in [0.5, 0.6) is 0 Å². The van der Waals surface area contributed by atoms with Crippen molar-refractivity contribution in [2.75, 3.05) is 13.1 Å². The second kappa shape index (κ2) is 4.79. The Bertz CT molecular complexity index is 438. The summed E-state index contributed by atoms with van der Waals surface area (Å²) in [7, 11) is 0. The van der Waals surface area contributed by atoms with Crippen LogP contribution in [-0.2, 0) is 4.79 Å². The molecule has 1 aliphatic heterocycles. The first kappa shape index (κ1) is 12.0. The molecule has 92 valence electrons. The van der Waals surface area contributed by atoms with Crippen LogP contribution in [-0.4, -0.2) is 45.2 Å². The highest BCUT2D eigenvalue weighted by Gasteiger charge is 2.25. The van der Waals surface area contributed by atoms with E-state index in [0.717, 1.165) is 29.2 Å². The van der Waals surface area contributed by atoms with Crippen molar-refractivity contribution in [3.05, 3.63) is 10.0 Å². The van der Waals surface area contributed by atoms with Crippen molar-refractivity contribution in [1.29, 1.82) is 0 Å². The molecule has 0 saturated carbocycles. The Morgan fingerprint density at radius 2 is 2.00 bits per heavy atom. The van der Waals surface area contributed by atoms with E-state index in [1.54, 1.807) is 11.8 Å². The van der Waals surface area contributed by atoms with Crippen LogP contribution in [0.3, 0.4) is 0 Å². The number of aromatic nitrogens is 2. The summed E-state index contributed by atoms with van der Waals surface area (Å²) in [5.41, 5.74) is 0. The second-order valence-electron chi connectivity index (χ2n) is 4.03. The summed E-state index contributed by atoms with van der Waals surface area (Å²) in [5, 5.41) is 17.1. The fourth-order valence-electron chi connectivity index (χ4n) is 1.93. The molecule has 2 heterocycles. The van der Waals surface area contributed by atoms with Crippen LogP contribution in [0.1, 0.15) is 40.5 Å². The van der Waals surface area contributed by atoms with Crippen molar-refractivity contribution in [2.24, 2.45) is 0 Å². The Kier molecular flexibility index (Phi) is 3.37. The highest BCUT2D eigenvalue weighted by molar-refractivity contribution is 7.13. The zero-order valence-corrected chi connectivity index (χ0v) is 10.2. The Balaban J connectivity index is 2.00.